The molecule has 20 heavy (non-hydrogen) atoms. The van der Waals surface area contributed by atoms with Gasteiger partial charge >= 0.3 is 5.51 Å². The molecular weight excluding hydrogens is 287 g/mol. The summed E-state index contributed by atoms with van der Waals surface area (Å²) in [4.78, 5) is -0.152. The first-order valence-corrected chi connectivity index (χ1v) is 7.90. The van der Waals surface area contributed by atoms with Crippen molar-refractivity contribution in [1.29, 1.82) is 0 Å². The minimum absolute atomic E-state index is 0.152. The van der Waals surface area contributed by atoms with Gasteiger partial charge in [-0.1, -0.05) is 12.1 Å². The van der Waals surface area contributed by atoms with E-state index in [4.69, 9.17) is 0 Å². The van der Waals surface area contributed by atoms with E-state index in [-0.39, 0.29) is 4.90 Å². The minimum Gasteiger partial charge on any atom is -0.604 e. The van der Waals surface area contributed by atoms with Crippen molar-refractivity contribution in [2.75, 3.05) is 13.1 Å². The monoisotopic (exact) mass is 305 g/mol. The summed E-state index contributed by atoms with van der Waals surface area (Å²) in [6, 6.07) is 6.05. The molecule has 1 aromatic rings. The van der Waals surface area contributed by atoms with Gasteiger partial charge in [-0.25, -0.2) is 0 Å². The molecule has 6 heteroatoms. The molecule has 1 heterocycles. The van der Waals surface area contributed by atoms with Gasteiger partial charge in [0.15, 0.2) is 4.90 Å². The zero-order valence-corrected chi connectivity index (χ0v) is 11.9. The van der Waals surface area contributed by atoms with E-state index in [1.807, 2.05) is 0 Å². The Kier molecular flexibility index (Phi) is 5.35. The first kappa shape index (κ1) is 15.7. The lowest BCUT2D eigenvalue weighted by molar-refractivity contribution is -0.0435. The van der Waals surface area contributed by atoms with Crippen LogP contribution in [0.5, 0.6) is 0 Å². The average molecular weight is 305 g/mol. The smallest absolute Gasteiger partial charge is 0.578 e. The van der Waals surface area contributed by atoms with Gasteiger partial charge in [0.1, 0.15) is 0 Å². The maximum Gasteiger partial charge on any atom is 0.578 e. The lowest BCUT2D eigenvalue weighted by Gasteiger charge is -2.22. The predicted octanol–water partition coefficient (Wildman–Crippen LogP) is 3.25. The molecule has 2 nitrogen and oxygen atoms in total. The summed E-state index contributed by atoms with van der Waals surface area (Å²) >= 11 is -2.93. The van der Waals surface area contributed by atoms with Crippen molar-refractivity contribution in [3.05, 3.63) is 29.8 Å². The highest BCUT2D eigenvalue weighted by Crippen LogP contribution is 2.30. The van der Waals surface area contributed by atoms with Crippen LogP contribution in [0.1, 0.15) is 24.8 Å². The second-order valence-electron chi connectivity index (χ2n) is 5.09. The number of alkyl halides is 3. The van der Waals surface area contributed by atoms with Crippen LogP contribution in [-0.2, 0) is 17.6 Å². The third-order valence-corrected chi connectivity index (χ3v) is 4.73. The first-order valence-electron chi connectivity index (χ1n) is 6.75. The number of halogens is 3. The van der Waals surface area contributed by atoms with Crippen LogP contribution in [0, 0.1) is 5.92 Å². The summed E-state index contributed by atoms with van der Waals surface area (Å²) in [5, 5.41) is 3.29. The fourth-order valence-corrected chi connectivity index (χ4v) is 3.22. The van der Waals surface area contributed by atoms with Crippen molar-refractivity contribution in [3.8, 4) is 0 Å². The Balaban J connectivity index is 1.95. The zero-order chi connectivity index (χ0) is 14.6. The topological polar surface area (TPSA) is 35.1 Å². The van der Waals surface area contributed by atoms with Gasteiger partial charge in [-0.05, 0) is 62.4 Å². The standard InChI is InChI=1S/C14H18F3NOS/c15-14(16,17)20(19)13-3-1-2-12(10-13)5-4-11-6-8-18-9-7-11/h1-3,10-11,18H,4-9H2. The van der Waals surface area contributed by atoms with Crippen molar-refractivity contribution in [1.82, 2.24) is 5.32 Å². The molecule has 0 spiro atoms. The number of aryl methyl sites for hydroxylation is 1. The van der Waals surface area contributed by atoms with Crippen molar-refractivity contribution in [2.24, 2.45) is 5.92 Å². The molecule has 0 amide bonds. The van der Waals surface area contributed by atoms with E-state index >= 15 is 0 Å². The molecule has 1 aliphatic heterocycles. The Morgan fingerprint density at radius 1 is 1.25 bits per heavy atom. The Bertz CT molecular complexity index is 433. The predicted molar refractivity (Wildman–Crippen MR) is 72.8 cm³/mol. The molecule has 0 bridgehead atoms. The van der Waals surface area contributed by atoms with Crippen LogP contribution in [0.3, 0.4) is 0 Å². The maximum atomic E-state index is 12.4. The van der Waals surface area contributed by atoms with Crippen LogP contribution in [0.15, 0.2) is 29.2 Å². The minimum atomic E-state index is -4.69. The van der Waals surface area contributed by atoms with Crippen molar-refractivity contribution < 1.29 is 17.7 Å². The van der Waals surface area contributed by atoms with Gasteiger partial charge in [-0.3, -0.25) is 0 Å². The van der Waals surface area contributed by atoms with Gasteiger partial charge in [0.05, 0.1) is 11.2 Å². The van der Waals surface area contributed by atoms with Crippen molar-refractivity contribution in [3.63, 3.8) is 0 Å². The van der Waals surface area contributed by atoms with Crippen LogP contribution in [-0.4, -0.2) is 23.2 Å². The van der Waals surface area contributed by atoms with Crippen LogP contribution >= 0.6 is 0 Å². The Labute approximate surface area is 119 Å². The van der Waals surface area contributed by atoms with E-state index in [9.17, 15) is 17.7 Å². The molecule has 1 N–H and O–H groups in total. The van der Waals surface area contributed by atoms with E-state index < -0.39 is 16.7 Å². The second kappa shape index (κ2) is 6.83. The SMILES string of the molecule is [O-][S+](c1cccc(CCC2CCNCC2)c1)C(F)(F)F. The van der Waals surface area contributed by atoms with Crippen molar-refractivity contribution in [2.45, 2.75) is 36.1 Å². The van der Waals surface area contributed by atoms with Crippen LogP contribution in [0.25, 0.3) is 0 Å². The lowest BCUT2D eigenvalue weighted by atomic mass is 9.91. The highest BCUT2D eigenvalue weighted by molar-refractivity contribution is 7.92. The molecule has 0 saturated carbocycles. The molecule has 1 aromatic carbocycles. The van der Waals surface area contributed by atoms with Gasteiger partial charge in [-0.2, -0.15) is 0 Å². The van der Waals surface area contributed by atoms with Gasteiger partial charge in [0.2, 0.25) is 0 Å². The summed E-state index contributed by atoms with van der Waals surface area (Å²) in [5.41, 5.74) is -3.85. The van der Waals surface area contributed by atoms with Gasteiger partial charge in [0.25, 0.3) is 0 Å². The number of nitrogens with one attached hydrogen (secondary N) is 1. The average Bonchev–Trinajstić information content (AvgIpc) is 2.45. The van der Waals surface area contributed by atoms with E-state index in [0.29, 0.717) is 5.92 Å². The van der Waals surface area contributed by atoms with Crippen LogP contribution < -0.4 is 5.32 Å². The molecule has 1 unspecified atom stereocenters. The summed E-state index contributed by atoms with van der Waals surface area (Å²) in [6.45, 7) is 2.03. The molecule has 1 aliphatic rings. The molecule has 1 fully saturated rings. The Morgan fingerprint density at radius 2 is 1.95 bits per heavy atom. The maximum absolute atomic E-state index is 12.4. The Hall–Kier alpha value is -0.720. The normalized spacial score (nSPS) is 19.0. The number of benzene rings is 1. The fraction of sp³-hybridized carbons (Fsp3) is 0.571. The summed E-state index contributed by atoms with van der Waals surface area (Å²) in [6.07, 6.45) is 3.96. The lowest BCUT2D eigenvalue weighted by Crippen LogP contribution is -2.27. The molecule has 1 saturated heterocycles. The summed E-state index contributed by atoms with van der Waals surface area (Å²) in [5.74, 6) is 0.632. The largest absolute Gasteiger partial charge is 0.604 e. The summed E-state index contributed by atoms with van der Waals surface area (Å²) < 4.78 is 48.6. The number of piperidine rings is 1. The van der Waals surface area contributed by atoms with Crippen molar-refractivity contribution >= 4 is 11.2 Å². The molecule has 1 atom stereocenters. The number of hydrogen-bond donors (Lipinski definition) is 1. The van der Waals surface area contributed by atoms with E-state index in [2.05, 4.69) is 5.32 Å². The highest BCUT2D eigenvalue weighted by Gasteiger charge is 2.46. The second-order valence-corrected chi connectivity index (χ2v) is 6.57. The van der Waals surface area contributed by atoms with Crippen LogP contribution in [0.2, 0.25) is 0 Å². The molecule has 0 radical (unpaired) electrons. The van der Waals surface area contributed by atoms with E-state index in [0.717, 1.165) is 44.3 Å². The Morgan fingerprint density at radius 3 is 2.60 bits per heavy atom. The molecule has 2 rings (SSSR count). The van der Waals surface area contributed by atoms with E-state index in [1.165, 1.54) is 12.1 Å². The highest BCUT2D eigenvalue weighted by atomic mass is 32.2. The molecule has 0 aliphatic carbocycles. The quantitative estimate of drug-likeness (QED) is 0.867. The third kappa shape index (κ3) is 4.40. The first-order chi connectivity index (χ1) is 9.47. The fourth-order valence-electron chi connectivity index (χ4n) is 2.49. The molecular formula is C14H18F3NOS. The summed E-state index contributed by atoms with van der Waals surface area (Å²) in [7, 11) is 0. The molecule has 0 aromatic heterocycles. The van der Waals surface area contributed by atoms with E-state index in [1.54, 1.807) is 12.1 Å². The van der Waals surface area contributed by atoms with Gasteiger partial charge in [-0.15, -0.1) is 13.2 Å². The van der Waals surface area contributed by atoms with Gasteiger partial charge in [0, 0.05) is 0 Å². The zero-order valence-electron chi connectivity index (χ0n) is 11.1. The van der Waals surface area contributed by atoms with Crippen LogP contribution in [0.4, 0.5) is 13.2 Å². The molecule has 112 valence electrons. The van der Waals surface area contributed by atoms with Gasteiger partial charge < -0.3 is 9.87 Å². The number of rotatable bonds is 4. The number of hydrogen-bond acceptors (Lipinski definition) is 2. The third-order valence-electron chi connectivity index (χ3n) is 3.62.